The van der Waals surface area contributed by atoms with Gasteiger partial charge in [-0.05, 0) is 32.7 Å². The zero-order valence-corrected chi connectivity index (χ0v) is 9.85. The highest BCUT2D eigenvalue weighted by atomic mass is 16.2. The van der Waals surface area contributed by atoms with E-state index in [-0.39, 0.29) is 11.8 Å². The molecule has 0 N–H and O–H groups in total. The minimum Gasteiger partial charge on any atom is -0.301 e. The van der Waals surface area contributed by atoms with E-state index < -0.39 is 0 Å². The first kappa shape index (κ1) is 11.3. The lowest BCUT2D eigenvalue weighted by molar-refractivity contribution is -0.137. The Morgan fingerprint density at radius 1 is 1.31 bits per heavy atom. The maximum atomic E-state index is 11.4. The number of hydrogen-bond donors (Lipinski definition) is 0. The number of nitrogens with zero attached hydrogens (tertiary/aromatic N) is 2. The van der Waals surface area contributed by atoms with Crippen molar-refractivity contribution in [3.63, 3.8) is 0 Å². The van der Waals surface area contributed by atoms with Crippen LogP contribution in [0.2, 0.25) is 0 Å². The number of rotatable bonds is 3. The molecule has 0 spiro atoms. The molecule has 2 aliphatic rings. The molecule has 4 heteroatoms. The van der Waals surface area contributed by atoms with Crippen molar-refractivity contribution in [1.29, 1.82) is 0 Å². The van der Waals surface area contributed by atoms with Crippen molar-refractivity contribution in [2.24, 2.45) is 5.92 Å². The number of imide groups is 1. The summed E-state index contributed by atoms with van der Waals surface area (Å²) in [7, 11) is 0. The molecule has 1 unspecified atom stereocenters. The summed E-state index contributed by atoms with van der Waals surface area (Å²) in [5, 5.41) is 0. The van der Waals surface area contributed by atoms with Gasteiger partial charge in [0.25, 0.3) is 11.8 Å². The fraction of sp³-hybridized carbons (Fsp3) is 0.667. The van der Waals surface area contributed by atoms with Crippen LogP contribution in [-0.4, -0.2) is 47.3 Å². The summed E-state index contributed by atoms with van der Waals surface area (Å²) in [6, 6.07) is 0.549. The summed E-state index contributed by atoms with van der Waals surface area (Å²) < 4.78 is 0. The lowest BCUT2D eigenvalue weighted by Crippen LogP contribution is -2.36. The molecule has 2 heterocycles. The molecule has 4 nitrogen and oxygen atoms in total. The van der Waals surface area contributed by atoms with Gasteiger partial charge in [-0.2, -0.15) is 0 Å². The number of hydrogen-bond acceptors (Lipinski definition) is 3. The topological polar surface area (TPSA) is 40.6 Å². The Morgan fingerprint density at radius 3 is 2.44 bits per heavy atom. The largest absolute Gasteiger partial charge is 0.301 e. The van der Waals surface area contributed by atoms with E-state index in [0.717, 1.165) is 19.5 Å². The average molecular weight is 222 g/mol. The Bertz CT molecular complexity index is 318. The lowest BCUT2D eigenvalue weighted by atomic mass is 10.1. The van der Waals surface area contributed by atoms with Crippen LogP contribution in [0.5, 0.6) is 0 Å². The van der Waals surface area contributed by atoms with Crippen molar-refractivity contribution >= 4 is 11.8 Å². The molecule has 0 aromatic carbocycles. The molecule has 1 fully saturated rings. The van der Waals surface area contributed by atoms with Crippen molar-refractivity contribution < 1.29 is 9.59 Å². The van der Waals surface area contributed by atoms with E-state index >= 15 is 0 Å². The smallest absolute Gasteiger partial charge is 0.253 e. The fourth-order valence-electron chi connectivity index (χ4n) is 2.35. The van der Waals surface area contributed by atoms with Gasteiger partial charge in [0.1, 0.15) is 0 Å². The molecule has 16 heavy (non-hydrogen) atoms. The van der Waals surface area contributed by atoms with Gasteiger partial charge < -0.3 is 4.90 Å². The summed E-state index contributed by atoms with van der Waals surface area (Å²) in [5.41, 5.74) is 0. The highest BCUT2D eigenvalue weighted by Crippen LogP contribution is 2.20. The van der Waals surface area contributed by atoms with Crippen LogP contribution in [0.4, 0.5) is 0 Å². The normalized spacial score (nSPS) is 26.4. The number of likely N-dealkylation sites (tertiary alicyclic amines) is 1. The van der Waals surface area contributed by atoms with Gasteiger partial charge in [-0.1, -0.05) is 0 Å². The van der Waals surface area contributed by atoms with Crippen LogP contribution in [0, 0.1) is 5.92 Å². The summed E-state index contributed by atoms with van der Waals surface area (Å²) in [4.78, 5) is 26.5. The molecular weight excluding hydrogens is 204 g/mol. The molecule has 0 saturated carbocycles. The molecule has 0 aromatic heterocycles. The van der Waals surface area contributed by atoms with Crippen molar-refractivity contribution in [2.45, 2.75) is 26.3 Å². The van der Waals surface area contributed by atoms with E-state index in [9.17, 15) is 9.59 Å². The number of amides is 2. The Labute approximate surface area is 95.9 Å². The van der Waals surface area contributed by atoms with Crippen molar-refractivity contribution in [1.82, 2.24) is 9.80 Å². The number of carbonyl (C=O) groups is 2. The van der Waals surface area contributed by atoms with Crippen LogP contribution in [0.3, 0.4) is 0 Å². The van der Waals surface area contributed by atoms with Crippen LogP contribution >= 0.6 is 0 Å². The van der Waals surface area contributed by atoms with Gasteiger partial charge in [-0.3, -0.25) is 14.5 Å². The SMILES string of the molecule is CC(C)N1CCC(CN2C(=O)C=CC2=O)C1. The molecule has 0 aromatic rings. The highest BCUT2D eigenvalue weighted by molar-refractivity contribution is 6.12. The Hall–Kier alpha value is -1.16. The van der Waals surface area contributed by atoms with Crippen molar-refractivity contribution in [3.05, 3.63) is 12.2 Å². The lowest BCUT2D eigenvalue weighted by Gasteiger charge is -2.22. The molecule has 88 valence electrons. The maximum absolute atomic E-state index is 11.4. The Kier molecular flexibility index (Phi) is 3.10. The Morgan fingerprint density at radius 2 is 1.94 bits per heavy atom. The zero-order chi connectivity index (χ0) is 11.7. The van der Waals surface area contributed by atoms with Gasteiger partial charge in [0.15, 0.2) is 0 Å². The standard InChI is InChI=1S/C12H18N2O2/c1-9(2)13-6-5-10(7-13)8-14-11(15)3-4-12(14)16/h3-4,9-10H,5-8H2,1-2H3. The maximum Gasteiger partial charge on any atom is 0.253 e. The molecule has 2 aliphatic heterocycles. The number of carbonyl (C=O) groups excluding carboxylic acids is 2. The molecule has 0 radical (unpaired) electrons. The second-order valence-corrected chi connectivity index (χ2v) is 4.86. The molecule has 1 atom stereocenters. The van der Waals surface area contributed by atoms with E-state index in [1.165, 1.54) is 17.1 Å². The molecular formula is C12H18N2O2. The zero-order valence-electron chi connectivity index (χ0n) is 9.85. The molecule has 1 saturated heterocycles. The molecule has 0 bridgehead atoms. The van der Waals surface area contributed by atoms with Gasteiger partial charge >= 0.3 is 0 Å². The van der Waals surface area contributed by atoms with Gasteiger partial charge in [0.2, 0.25) is 0 Å². The minimum atomic E-state index is -0.159. The van der Waals surface area contributed by atoms with Crippen LogP contribution in [0.25, 0.3) is 0 Å². The van der Waals surface area contributed by atoms with E-state index in [2.05, 4.69) is 18.7 Å². The summed E-state index contributed by atoms with van der Waals surface area (Å²) in [6.45, 7) is 7.00. The van der Waals surface area contributed by atoms with E-state index in [1.807, 2.05) is 0 Å². The summed E-state index contributed by atoms with van der Waals surface area (Å²) in [5.74, 6) is 0.121. The van der Waals surface area contributed by atoms with E-state index in [0.29, 0.717) is 18.5 Å². The van der Waals surface area contributed by atoms with E-state index in [1.54, 1.807) is 0 Å². The van der Waals surface area contributed by atoms with Crippen LogP contribution in [0.15, 0.2) is 12.2 Å². The average Bonchev–Trinajstić information content (AvgIpc) is 2.80. The Balaban J connectivity index is 1.88. The quantitative estimate of drug-likeness (QED) is 0.658. The highest BCUT2D eigenvalue weighted by Gasteiger charge is 2.30. The second-order valence-electron chi connectivity index (χ2n) is 4.86. The third-order valence-electron chi connectivity index (χ3n) is 3.39. The summed E-state index contributed by atoms with van der Waals surface area (Å²) >= 11 is 0. The van der Waals surface area contributed by atoms with Crippen molar-refractivity contribution in [2.75, 3.05) is 19.6 Å². The molecule has 2 amide bonds. The molecule has 2 rings (SSSR count). The van der Waals surface area contributed by atoms with E-state index in [4.69, 9.17) is 0 Å². The van der Waals surface area contributed by atoms with Gasteiger partial charge in [0, 0.05) is 31.3 Å². The van der Waals surface area contributed by atoms with Gasteiger partial charge in [-0.15, -0.1) is 0 Å². The first-order valence-corrected chi connectivity index (χ1v) is 5.85. The third-order valence-corrected chi connectivity index (χ3v) is 3.39. The third kappa shape index (κ3) is 2.16. The monoisotopic (exact) mass is 222 g/mol. The van der Waals surface area contributed by atoms with Crippen LogP contribution in [-0.2, 0) is 9.59 Å². The molecule has 0 aliphatic carbocycles. The minimum absolute atomic E-state index is 0.159. The first-order chi connectivity index (χ1) is 7.58. The second kappa shape index (κ2) is 4.37. The van der Waals surface area contributed by atoms with Crippen LogP contribution in [0.1, 0.15) is 20.3 Å². The van der Waals surface area contributed by atoms with Gasteiger partial charge in [-0.25, -0.2) is 0 Å². The van der Waals surface area contributed by atoms with Gasteiger partial charge in [0.05, 0.1) is 0 Å². The predicted octanol–water partition coefficient (Wildman–Crippen LogP) is 0.642. The van der Waals surface area contributed by atoms with Crippen LogP contribution < -0.4 is 0 Å². The first-order valence-electron chi connectivity index (χ1n) is 5.85. The van der Waals surface area contributed by atoms with Crippen molar-refractivity contribution in [3.8, 4) is 0 Å². The summed E-state index contributed by atoms with van der Waals surface area (Å²) in [6.07, 6.45) is 3.80. The fourth-order valence-corrected chi connectivity index (χ4v) is 2.35. The predicted molar refractivity (Wildman–Crippen MR) is 60.7 cm³/mol.